The molecule has 8 heteroatoms. The first-order valence-corrected chi connectivity index (χ1v) is 9.14. The first-order chi connectivity index (χ1) is 13.3. The molecule has 0 radical (unpaired) electrons. The normalized spacial score (nSPS) is 16.4. The quantitative estimate of drug-likeness (QED) is 0.691. The lowest BCUT2D eigenvalue weighted by atomic mass is 10.2. The van der Waals surface area contributed by atoms with Crippen LogP contribution in [0.25, 0.3) is 11.2 Å². The molecular weight excluding hydrogens is 358 g/mol. The molecule has 1 aliphatic rings. The number of fused-ring (bicyclic) bond motifs is 3. The minimum atomic E-state index is -0.669. The number of hydrogen-bond acceptors (Lipinski definition) is 5. The Morgan fingerprint density at radius 3 is 2.57 bits per heavy atom. The van der Waals surface area contributed by atoms with Crippen LogP contribution in [0.15, 0.2) is 46.0 Å². The molecule has 0 spiro atoms. The van der Waals surface area contributed by atoms with Gasteiger partial charge in [0.25, 0.3) is 5.56 Å². The number of aliphatic hydroxyl groups excluding tert-OH is 1. The van der Waals surface area contributed by atoms with Gasteiger partial charge in [-0.05, 0) is 26.0 Å². The van der Waals surface area contributed by atoms with Crippen molar-refractivity contribution in [2.24, 2.45) is 7.05 Å². The number of hydrogen-bond donors (Lipinski definition) is 1. The van der Waals surface area contributed by atoms with E-state index in [1.165, 1.54) is 4.57 Å². The second kappa shape index (κ2) is 6.49. The van der Waals surface area contributed by atoms with Crippen LogP contribution < -0.4 is 16.1 Å². The molecule has 146 valence electrons. The van der Waals surface area contributed by atoms with Gasteiger partial charge in [-0.3, -0.25) is 13.9 Å². The van der Waals surface area contributed by atoms with Crippen molar-refractivity contribution in [1.29, 1.82) is 0 Å². The third kappa shape index (κ3) is 2.77. The number of imidazole rings is 1. The molecule has 8 nitrogen and oxygen atoms in total. The molecule has 0 saturated carbocycles. The standard InChI is InChI=1S/C20H23N5O3/c1-12(2)9-25-18(27)16-17(22(4)20(25)28)21-19-23(10-15(26)11-24(16)19)14-7-5-13(3)6-8-14/h5-8,15,26H,1,9-11H2,2-4H3/t15-/m0/s1. The second-order valence-corrected chi connectivity index (χ2v) is 7.48. The number of aromatic nitrogens is 4. The Morgan fingerprint density at radius 1 is 1.25 bits per heavy atom. The van der Waals surface area contributed by atoms with Gasteiger partial charge in [0.05, 0.1) is 25.7 Å². The fourth-order valence-electron chi connectivity index (χ4n) is 3.65. The summed E-state index contributed by atoms with van der Waals surface area (Å²) in [6, 6.07) is 7.88. The molecule has 3 heterocycles. The summed E-state index contributed by atoms with van der Waals surface area (Å²) in [5, 5.41) is 10.5. The fraction of sp³-hybridized carbons (Fsp3) is 0.350. The van der Waals surface area contributed by atoms with Gasteiger partial charge in [0.1, 0.15) is 0 Å². The smallest absolute Gasteiger partial charge is 0.332 e. The first kappa shape index (κ1) is 18.2. The average molecular weight is 381 g/mol. The number of rotatable bonds is 3. The van der Waals surface area contributed by atoms with Crippen molar-refractivity contribution in [2.75, 3.05) is 11.4 Å². The van der Waals surface area contributed by atoms with Crippen LogP contribution in [0.3, 0.4) is 0 Å². The number of aryl methyl sites for hydroxylation is 2. The van der Waals surface area contributed by atoms with E-state index in [-0.39, 0.29) is 13.1 Å². The van der Waals surface area contributed by atoms with Gasteiger partial charge in [-0.15, -0.1) is 0 Å². The zero-order chi connectivity index (χ0) is 20.2. The molecule has 0 saturated heterocycles. The monoisotopic (exact) mass is 381 g/mol. The fourth-order valence-corrected chi connectivity index (χ4v) is 3.65. The zero-order valence-corrected chi connectivity index (χ0v) is 16.2. The van der Waals surface area contributed by atoms with Crippen molar-refractivity contribution in [3.05, 3.63) is 62.8 Å². The van der Waals surface area contributed by atoms with E-state index in [1.54, 1.807) is 18.5 Å². The number of benzene rings is 1. The lowest BCUT2D eigenvalue weighted by Gasteiger charge is -2.32. The second-order valence-electron chi connectivity index (χ2n) is 7.48. The Morgan fingerprint density at radius 2 is 1.93 bits per heavy atom. The molecule has 1 atom stereocenters. The molecule has 0 fully saturated rings. The molecular formula is C20H23N5O3. The maximum Gasteiger partial charge on any atom is 0.332 e. The molecule has 2 aromatic heterocycles. The largest absolute Gasteiger partial charge is 0.389 e. The summed E-state index contributed by atoms with van der Waals surface area (Å²) < 4.78 is 4.25. The Kier molecular flexibility index (Phi) is 4.23. The maximum absolute atomic E-state index is 13.1. The average Bonchev–Trinajstić information content (AvgIpc) is 3.03. The zero-order valence-electron chi connectivity index (χ0n) is 16.2. The highest BCUT2D eigenvalue weighted by atomic mass is 16.3. The number of β-amino-alcohol motifs (C(OH)–C–C–N with tert-alkyl or cyclic N) is 1. The van der Waals surface area contributed by atoms with Crippen molar-refractivity contribution in [1.82, 2.24) is 18.7 Å². The molecule has 1 N–H and O–H groups in total. The Hall–Kier alpha value is -3.13. The van der Waals surface area contributed by atoms with Crippen LogP contribution >= 0.6 is 0 Å². The maximum atomic E-state index is 13.1. The molecule has 0 bridgehead atoms. The molecule has 0 amide bonds. The molecule has 1 aromatic carbocycles. The summed E-state index contributed by atoms with van der Waals surface area (Å²) in [4.78, 5) is 32.3. The molecule has 0 unspecified atom stereocenters. The first-order valence-electron chi connectivity index (χ1n) is 9.14. The lowest BCUT2D eigenvalue weighted by Crippen LogP contribution is -2.41. The number of anilines is 2. The third-order valence-corrected chi connectivity index (χ3v) is 5.01. The van der Waals surface area contributed by atoms with Gasteiger partial charge in [0.2, 0.25) is 5.95 Å². The molecule has 1 aliphatic heterocycles. The van der Waals surface area contributed by atoms with Crippen LogP contribution in [0.1, 0.15) is 12.5 Å². The minimum absolute atomic E-state index is 0.145. The highest BCUT2D eigenvalue weighted by Gasteiger charge is 2.30. The Bertz CT molecular complexity index is 1200. The summed E-state index contributed by atoms with van der Waals surface area (Å²) in [5.74, 6) is 0.546. The van der Waals surface area contributed by atoms with E-state index >= 15 is 0 Å². The predicted molar refractivity (Wildman–Crippen MR) is 108 cm³/mol. The number of aliphatic hydroxyl groups is 1. The third-order valence-electron chi connectivity index (χ3n) is 5.01. The van der Waals surface area contributed by atoms with Crippen LogP contribution in [0.4, 0.5) is 11.6 Å². The van der Waals surface area contributed by atoms with E-state index in [2.05, 4.69) is 11.6 Å². The Labute approximate surface area is 161 Å². The Balaban J connectivity index is 2.00. The van der Waals surface area contributed by atoms with E-state index in [1.807, 2.05) is 36.1 Å². The van der Waals surface area contributed by atoms with Gasteiger partial charge in [0, 0.05) is 12.7 Å². The van der Waals surface area contributed by atoms with Crippen molar-refractivity contribution < 1.29 is 5.11 Å². The van der Waals surface area contributed by atoms with Crippen LogP contribution in [0.5, 0.6) is 0 Å². The summed E-state index contributed by atoms with van der Waals surface area (Å²) in [6.07, 6.45) is -0.669. The van der Waals surface area contributed by atoms with Crippen molar-refractivity contribution in [3.8, 4) is 0 Å². The molecule has 28 heavy (non-hydrogen) atoms. The van der Waals surface area contributed by atoms with Gasteiger partial charge in [0.15, 0.2) is 11.2 Å². The van der Waals surface area contributed by atoms with Gasteiger partial charge >= 0.3 is 5.69 Å². The van der Waals surface area contributed by atoms with Gasteiger partial charge in [-0.2, -0.15) is 4.98 Å². The van der Waals surface area contributed by atoms with Gasteiger partial charge in [-0.1, -0.05) is 29.8 Å². The van der Waals surface area contributed by atoms with E-state index in [0.29, 0.717) is 29.2 Å². The lowest BCUT2D eigenvalue weighted by molar-refractivity contribution is 0.154. The van der Waals surface area contributed by atoms with Crippen LogP contribution in [0, 0.1) is 6.92 Å². The summed E-state index contributed by atoms with van der Waals surface area (Å²) in [6.45, 7) is 8.33. The highest BCUT2D eigenvalue weighted by molar-refractivity contribution is 5.77. The minimum Gasteiger partial charge on any atom is -0.389 e. The predicted octanol–water partition coefficient (Wildman–Crippen LogP) is 1.29. The highest BCUT2D eigenvalue weighted by Crippen LogP contribution is 2.31. The van der Waals surface area contributed by atoms with E-state index in [4.69, 9.17) is 0 Å². The summed E-state index contributed by atoms with van der Waals surface area (Å²) in [7, 11) is 1.60. The SMILES string of the molecule is C=C(C)Cn1c(=O)c2c(nc3n2C[C@@H](O)CN3c2ccc(C)cc2)n(C)c1=O. The van der Waals surface area contributed by atoms with E-state index in [0.717, 1.165) is 15.8 Å². The van der Waals surface area contributed by atoms with Gasteiger partial charge < -0.3 is 14.6 Å². The topological polar surface area (TPSA) is 85.3 Å². The van der Waals surface area contributed by atoms with Crippen LogP contribution in [-0.4, -0.2) is 36.4 Å². The molecule has 3 aromatic rings. The van der Waals surface area contributed by atoms with Crippen LogP contribution in [-0.2, 0) is 20.1 Å². The van der Waals surface area contributed by atoms with Gasteiger partial charge in [-0.25, -0.2) is 4.79 Å². The summed E-state index contributed by atoms with van der Waals surface area (Å²) >= 11 is 0. The number of allylic oxidation sites excluding steroid dienone is 1. The van der Waals surface area contributed by atoms with Crippen LogP contribution in [0.2, 0.25) is 0 Å². The number of nitrogens with zero attached hydrogens (tertiary/aromatic N) is 5. The van der Waals surface area contributed by atoms with Crippen molar-refractivity contribution in [3.63, 3.8) is 0 Å². The van der Waals surface area contributed by atoms with E-state index in [9.17, 15) is 14.7 Å². The summed E-state index contributed by atoms with van der Waals surface area (Å²) in [5.41, 5.74) is 2.48. The molecule has 4 rings (SSSR count). The van der Waals surface area contributed by atoms with Crippen molar-refractivity contribution in [2.45, 2.75) is 33.0 Å². The van der Waals surface area contributed by atoms with Crippen molar-refractivity contribution >= 4 is 22.8 Å². The van der Waals surface area contributed by atoms with E-state index < -0.39 is 17.4 Å². The molecule has 0 aliphatic carbocycles.